The molecule has 0 aliphatic carbocycles. The Kier molecular flexibility index (Phi) is 2.14. The minimum Gasteiger partial charge on any atom is -0.454 e. The Hall–Kier alpha value is -2.57. The van der Waals surface area contributed by atoms with Gasteiger partial charge in [0.05, 0.1) is 0 Å². The molecule has 86 valence electrons. The molecule has 0 atom stereocenters. The van der Waals surface area contributed by atoms with Crippen molar-refractivity contribution in [1.82, 2.24) is 15.2 Å². The van der Waals surface area contributed by atoms with E-state index in [1.807, 2.05) is 18.2 Å². The lowest BCUT2D eigenvalue weighted by Crippen LogP contribution is -1.92. The predicted molar refractivity (Wildman–Crippen MR) is 60.6 cm³/mol. The predicted octanol–water partition coefficient (Wildman–Crippen LogP) is 0.866. The van der Waals surface area contributed by atoms with Gasteiger partial charge >= 0.3 is 0 Å². The number of ether oxygens (including phenoxy) is 2. The lowest BCUT2D eigenvalue weighted by atomic mass is 10.2. The zero-order valence-corrected chi connectivity index (χ0v) is 8.75. The molecule has 7 nitrogen and oxygen atoms in total. The first-order chi connectivity index (χ1) is 8.31. The number of anilines is 1. The van der Waals surface area contributed by atoms with Gasteiger partial charge < -0.3 is 15.2 Å². The summed E-state index contributed by atoms with van der Waals surface area (Å²) < 4.78 is 10.5. The number of nitrogens with one attached hydrogen (secondary N) is 1. The number of aromatic nitrogens is 3. The smallest absolute Gasteiger partial charge is 0.269 e. The van der Waals surface area contributed by atoms with Crippen molar-refractivity contribution in [2.45, 2.75) is 0 Å². The highest BCUT2D eigenvalue weighted by Gasteiger charge is 2.12. The largest absolute Gasteiger partial charge is 0.454 e. The van der Waals surface area contributed by atoms with E-state index in [0.29, 0.717) is 11.7 Å². The molecular formula is C10H9N5O2. The van der Waals surface area contributed by atoms with Crippen LogP contribution in [0, 0.1) is 0 Å². The van der Waals surface area contributed by atoms with Gasteiger partial charge in [0.15, 0.2) is 11.5 Å². The number of fused-ring (bicyclic) bond motifs is 1. The number of aromatic amines is 1. The topological polar surface area (TPSA) is 98.4 Å². The highest BCUT2D eigenvalue weighted by Crippen LogP contribution is 2.32. The van der Waals surface area contributed by atoms with Gasteiger partial charge in [0.1, 0.15) is 0 Å². The lowest BCUT2D eigenvalue weighted by molar-refractivity contribution is 0.174. The van der Waals surface area contributed by atoms with Crippen LogP contribution >= 0.6 is 0 Å². The number of rotatable bonds is 2. The SMILES string of the molecule is Nc1nc(/N=C/c2ccc3c(c2)OCO3)n[nH]1. The molecule has 0 amide bonds. The van der Waals surface area contributed by atoms with Gasteiger partial charge in [0.25, 0.3) is 5.95 Å². The van der Waals surface area contributed by atoms with E-state index in [0.717, 1.165) is 11.3 Å². The summed E-state index contributed by atoms with van der Waals surface area (Å²) in [5, 5.41) is 6.29. The molecule has 2 aromatic rings. The molecule has 0 unspecified atom stereocenters. The average Bonchev–Trinajstić information content (AvgIpc) is 2.94. The number of nitrogens with zero attached hydrogens (tertiary/aromatic N) is 3. The van der Waals surface area contributed by atoms with Crippen molar-refractivity contribution in [3.8, 4) is 11.5 Å². The first kappa shape index (κ1) is 9.64. The van der Waals surface area contributed by atoms with E-state index in [1.165, 1.54) is 0 Å². The van der Waals surface area contributed by atoms with Crippen LogP contribution in [0.15, 0.2) is 23.2 Å². The summed E-state index contributed by atoms with van der Waals surface area (Å²) in [6, 6.07) is 5.53. The molecule has 17 heavy (non-hydrogen) atoms. The third-order valence-corrected chi connectivity index (χ3v) is 2.22. The minimum atomic E-state index is 0.239. The summed E-state index contributed by atoms with van der Waals surface area (Å²) in [4.78, 5) is 7.92. The summed E-state index contributed by atoms with van der Waals surface area (Å²) >= 11 is 0. The molecule has 1 aromatic heterocycles. The molecule has 2 heterocycles. The van der Waals surface area contributed by atoms with Crippen LogP contribution in [0.1, 0.15) is 5.56 Å². The molecule has 1 aromatic carbocycles. The molecular weight excluding hydrogens is 222 g/mol. The monoisotopic (exact) mass is 231 g/mol. The van der Waals surface area contributed by atoms with E-state index in [2.05, 4.69) is 20.2 Å². The van der Waals surface area contributed by atoms with Crippen molar-refractivity contribution in [3.05, 3.63) is 23.8 Å². The lowest BCUT2D eigenvalue weighted by Gasteiger charge is -1.96. The van der Waals surface area contributed by atoms with E-state index in [4.69, 9.17) is 15.2 Å². The maximum absolute atomic E-state index is 5.38. The standard InChI is InChI=1S/C10H9N5O2/c11-9-13-10(15-14-9)12-4-6-1-2-7-8(3-6)17-5-16-7/h1-4H,5H2,(H3,11,13,14,15)/b12-4+. The zero-order chi connectivity index (χ0) is 11.7. The second-order valence-corrected chi connectivity index (χ2v) is 3.39. The van der Waals surface area contributed by atoms with Crippen molar-refractivity contribution in [2.75, 3.05) is 12.5 Å². The third kappa shape index (κ3) is 1.89. The minimum absolute atomic E-state index is 0.239. The third-order valence-electron chi connectivity index (χ3n) is 2.22. The summed E-state index contributed by atoms with van der Waals surface area (Å²) in [6.07, 6.45) is 1.63. The van der Waals surface area contributed by atoms with Gasteiger partial charge in [0, 0.05) is 6.21 Å². The maximum Gasteiger partial charge on any atom is 0.269 e. The quantitative estimate of drug-likeness (QED) is 0.747. The Balaban J connectivity index is 1.83. The number of H-pyrrole nitrogens is 1. The Morgan fingerprint density at radius 1 is 1.35 bits per heavy atom. The summed E-state index contributed by atoms with van der Waals surface area (Å²) in [5.74, 6) is 1.98. The van der Waals surface area contributed by atoms with E-state index >= 15 is 0 Å². The van der Waals surface area contributed by atoms with Crippen molar-refractivity contribution in [1.29, 1.82) is 0 Å². The van der Waals surface area contributed by atoms with Crippen LogP contribution in [-0.2, 0) is 0 Å². The van der Waals surface area contributed by atoms with E-state index in [-0.39, 0.29) is 12.7 Å². The van der Waals surface area contributed by atoms with Crippen LogP contribution in [0.4, 0.5) is 11.9 Å². The van der Waals surface area contributed by atoms with Crippen LogP contribution in [0.25, 0.3) is 0 Å². The highest BCUT2D eigenvalue weighted by atomic mass is 16.7. The number of nitrogens with two attached hydrogens (primary N) is 1. The molecule has 7 heteroatoms. The summed E-state index contributed by atoms with van der Waals surface area (Å²) in [7, 11) is 0. The van der Waals surface area contributed by atoms with Crippen LogP contribution in [0.3, 0.4) is 0 Å². The number of benzene rings is 1. The fourth-order valence-corrected chi connectivity index (χ4v) is 1.45. The fourth-order valence-electron chi connectivity index (χ4n) is 1.45. The van der Waals surface area contributed by atoms with E-state index in [9.17, 15) is 0 Å². The number of hydrogen-bond acceptors (Lipinski definition) is 6. The fraction of sp³-hybridized carbons (Fsp3) is 0.100. The van der Waals surface area contributed by atoms with Crippen molar-refractivity contribution >= 4 is 18.1 Å². The molecule has 1 aliphatic rings. The second-order valence-electron chi connectivity index (χ2n) is 3.39. The Bertz CT molecular complexity index is 578. The van der Waals surface area contributed by atoms with Gasteiger partial charge in [-0.25, -0.2) is 10.1 Å². The van der Waals surface area contributed by atoms with Gasteiger partial charge in [0.2, 0.25) is 12.7 Å². The van der Waals surface area contributed by atoms with E-state index in [1.54, 1.807) is 6.21 Å². The van der Waals surface area contributed by atoms with Gasteiger partial charge in [-0.15, -0.1) is 5.10 Å². The normalized spacial score (nSPS) is 13.4. The first-order valence-corrected chi connectivity index (χ1v) is 4.93. The highest BCUT2D eigenvalue weighted by molar-refractivity contribution is 5.82. The maximum atomic E-state index is 5.38. The van der Waals surface area contributed by atoms with Crippen LogP contribution in [0.5, 0.6) is 11.5 Å². The Morgan fingerprint density at radius 2 is 2.24 bits per heavy atom. The molecule has 0 radical (unpaired) electrons. The molecule has 0 saturated heterocycles. The molecule has 1 aliphatic heterocycles. The van der Waals surface area contributed by atoms with Crippen molar-refractivity contribution < 1.29 is 9.47 Å². The van der Waals surface area contributed by atoms with Crippen molar-refractivity contribution in [2.24, 2.45) is 4.99 Å². The van der Waals surface area contributed by atoms with Crippen LogP contribution in [-0.4, -0.2) is 28.2 Å². The number of nitrogen functional groups attached to an aromatic ring is 1. The molecule has 3 N–H and O–H groups in total. The molecule has 0 saturated carbocycles. The van der Waals surface area contributed by atoms with Crippen LogP contribution < -0.4 is 15.2 Å². The van der Waals surface area contributed by atoms with E-state index < -0.39 is 0 Å². The van der Waals surface area contributed by atoms with Gasteiger partial charge in [-0.3, -0.25) is 0 Å². The molecule has 3 rings (SSSR count). The molecule has 0 fully saturated rings. The second kappa shape index (κ2) is 3.78. The number of aliphatic imine (C=N–C) groups is 1. The molecule has 0 bridgehead atoms. The van der Waals surface area contributed by atoms with Gasteiger partial charge in [-0.05, 0) is 23.8 Å². The summed E-state index contributed by atoms with van der Waals surface area (Å²) in [6.45, 7) is 0.257. The van der Waals surface area contributed by atoms with Gasteiger partial charge in [-0.2, -0.15) is 4.98 Å². The Labute approximate surface area is 96.3 Å². The zero-order valence-electron chi connectivity index (χ0n) is 8.75. The average molecular weight is 231 g/mol. The van der Waals surface area contributed by atoms with Crippen molar-refractivity contribution in [3.63, 3.8) is 0 Å². The molecule has 0 spiro atoms. The van der Waals surface area contributed by atoms with Gasteiger partial charge in [-0.1, -0.05) is 0 Å². The first-order valence-electron chi connectivity index (χ1n) is 4.93. The van der Waals surface area contributed by atoms with Crippen LogP contribution in [0.2, 0.25) is 0 Å². The summed E-state index contributed by atoms with van der Waals surface area (Å²) in [5.41, 5.74) is 6.25. The Morgan fingerprint density at radius 3 is 3.06 bits per heavy atom. The number of hydrogen-bond donors (Lipinski definition) is 2.